The molecule has 1 amide bonds. The number of hydrogen-bond acceptors (Lipinski definition) is 4. The van der Waals surface area contributed by atoms with E-state index in [0.717, 1.165) is 36.0 Å². The summed E-state index contributed by atoms with van der Waals surface area (Å²) in [6.45, 7) is 5.76. The van der Waals surface area contributed by atoms with Crippen LogP contribution in [0.2, 0.25) is 0 Å². The van der Waals surface area contributed by atoms with Crippen molar-refractivity contribution in [1.82, 2.24) is 5.32 Å². The Morgan fingerprint density at radius 3 is 2.41 bits per heavy atom. The van der Waals surface area contributed by atoms with Gasteiger partial charge in [0.05, 0.1) is 23.2 Å². The SMILES string of the molecule is CC[C@@H](NC(=O)[C@@H]1CN(S(=O)(=O)c2ccc(C)cc2)c2cc(C)ccc2O1)c1ccc2c(c1)CCCC2. The van der Waals surface area contributed by atoms with E-state index < -0.39 is 16.1 Å². The molecule has 5 rings (SSSR count). The highest BCUT2D eigenvalue weighted by Crippen LogP contribution is 2.38. The van der Waals surface area contributed by atoms with Crippen LogP contribution in [0.25, 0.3) is 0 Å². The molecule has 7 heteroatoms. The van der Waals surface area contributed by atoms with Crippen molar-refractivity contribution in [1.29, 1.82) is 0 Å². The molecule has 37 heavy (non-hydrogen) atoms. The first kappa shape index (κ1) is 25.3. The third-order valence-electron chi connectivity index (χ3n) is 7.39. The number of nitrogens with zero attached hydrogens (tertiary/aromatic N) is 1. The summed E-state index contributed by atoms with van der Waals surface area (Å²) < 4.78 is 34.8. The van der Waals surface area contributed by atoms with Crippen molar-refractivity contribution in [2.75, 3.05) is 10.8 Å². The van der Waals surface area contributed by atoms with Crippen molar-refractivity contribution in [3.8, 4) is 5.75 Å². The molecule has 0 aromatic heterocycles. The van der Waals surface area contributed by atoms with Crippen LogP contribution in [0.5, 0.6) is 5.75 Å². The number of fused-ring (bicyclic) bond motifs is 2. The van der Waals surface area contributed by atoms with Gasteiger partial charge in [0, 0.05) is 0 Å². The topological polar surface area (TPSA) is 75.7 Å². The Morgan fingerprint density at radius 1 is 0.973 bits per heavy atom. The van der Waals surface area contributed by atoms with Gasteiger partial charge in [0.1, 0.15) is 5.75 Å². The van der Waals surface area contributed by atoms with Gasteiger partial charge in [0.2, 0.25) is 0 Å². The lowest BCUT2D eigenvalue weighted by Gasteiger charge is -2.35. The fraction of sp³-hybridized carbons (Fsp3) is 0.367. The number of hydrogen-bond donors (Lipinski definition) is 1. The standard InChI is InChI=1S/C30H34N2O4S/c1-4-26(24-13-12-22-7-5-6-8-23(22)18-24)31-30(33)29-19-32(27-17-21(3)11-16-28(27)36-29)37(34,35)25-14-9-20(2)10-15-25/h9-18,26,29H,4-8,19H2,1-3H3,(H,31,33)/t26-,29+/m1/s1. The molecule has 0 saturated heterocycles. The van der Waals surface area contributed by atoms with Gasteiger partial charge in [-0.15, -0.1) is 0 Å². The molecule has 1 aliphatic carbocycles. The molecule has 0 bridgehead atoms. The van der Waals surface area contributed by atoms with Crippen LogP contribution in [0, 0.1) is 13.8 Å². The van der Waals surface area contributed by atoms with E-state index in [0.29, 0.717) is 11.4 Å². The van der Waals surface area contributed by atoms with Crippen LogP contribution in [-0.2, 0) is 27.7 Å². The lowest BCUT2D eigenvalue weighted by Crippen LogP contribution is -2.51. The molecule has 1 N–H and O–H groups in total. The summed E-state index contributed by atoms with van der Waals surface area (Å²) in [6, 6.07) is 18.5. The molecule has 2 aliphatic rings. The second-order valence-corrected chi connectivity index (χ2v) is 12.0. The number of carbonyl (C=O) groups is 1. The summed E-state index contributed by atoms with van der Waals surface area (Å²) in [5.41, 5.74) is 6.18. The van der Waals surface area contributed by atoms with E-state index >= 15 is 0 Å². The molecule has 1 aliphatic heterocycles. The summed E-state index contributed by atoms with van der Waals surface area (Å²) in [6.07, 6.45) is 4.35. The highest BCUT2D eigenvalue weighted by atomic mass is 32.2. The first-order valence-corrected chi connectivity index (χ1v) is 14.5. The number of nitrogens with one attached hydrogen (secondary N) is 1. The van der Waals surface area contributed by atoms with Crippen LogP contribution in [-0.4, -0.2) is 27.0 Å². The molecule has 0 radical (unpaired) electrons. The van der Waals surface area contributed by atoms with E-state index in [2.05, 4.69) is 23.5 Å². The average Bonchev–Trinajstić information content (AvgIpc) is 2.91. The fourth-order valence-electron chi connectivity index (χ4n) is 5.22. The molecule has 3 aromatic carbocycles. The van der Waals surface area contributed by atoms with Crippen LogP contribution >= 0.6 is 0 Å². The van der Waals surface area contributed by atoms with Gasteiger partial charge in [-0.1, -0.05) is 48.9 Å². The van der Waals surface area contributed by atoms with Crippen molar-refractivity contribution in [3.05, 3.63) is 88.5 Å². The van der Waals surface area contributed by atoms with Gasteiger partial charge in [-0.25, -0.2) is 8.42 Å². The Bertz CT molecular complexity index is 1420. The highest BCUT2D eigenvalue weighted by molar-refractivity contribution is 7.92. The minimum Gasteiger partial charge on any atom is -0.476 e. The van der Waals surface area contributed by atoms with Gasteiger partial charge >= 0.3 is 0 Å². The first-order chi connectivity index (χ1) is 17.8. The summed E-state index contributed by atoms with van der Waals surface area (Å²) in [5, 5.41) is 3.14. The predicted molar refractivity (Wildman–Crippen MR) is 146 cm³/mol. The van der Waals surface area contributed by atoms with Crippen molar-refractivity contribution in [2.45, 2.75) is 69.9 Å². The highest BCUT2D eigenvalue weighted by Gasteiger charge is 2.38. The van der Waals surface area contributed by atoms with Crippen LogP contribution in [0.4, 0.5) is 5.69 Å². The minimum atomic E-state index is -3.90. The zero-order valence-electron chi connectivity index (χ0n) is 21.7. The third-order valence-corrected chi connectivity index (χ3v) is 9.18. The summed E-state index contributed by atoms with van der Waals surface area (Å²) >= 11 is 0. The monoisotopic (exact) mass is 518 g/mol. The van der Waals surface area contributed by atoms with Crippen LogP contribution in [0.3, 0.4) is 0 Å². The largest absolute Gasteiger partial charge is 0.476 e. The maximum Gasteiger partial charge on any atom is 0.264 e. The van der Waals surface area contributed by atoms with Crippen LogP contribution < -0.4 is 14.4 Å². The Hall–Kier alpha value is -3.32. The minimum absolute atomic E-state index is 0.0981. The number of rotatable bonds is 6. The van der Waals surface area contributed by atoms with Crippen molar-refractivity contribution < 1.29 is 17.9 Å². The van der Waals surface area contributed by atoms with E-state index in [1.807, 2.05) is 26.8 Å². The van der Waals surface area contributed by atoms with Crippen LogP contribution in [0.15, 0.2) is 65.6 Å². The molecule has 0 fully saturated rings. The average molecular weight is 519 g/mol. The van der Waals surface area contributed by atoms with E-state index in [4.69, 9.17) is 4.74 Å². The second-order valence-electron chi connectivity index (χ2n) is 10.1. The number of anilines is 1. The van der Waals surface area contributed by atoms with Gasteiger partial charge < -0.3 is 10.1 Å². The lowest BCUT2D eigenvalue weighted by atomic mass is 9.88. The molecule has 3 aromatic rings. The molecule has 0 saturated carbocycles. The smallest absolute Gasteiger partial charge is 0.264 e. The van der Waals surface area contributed by atoms with Gasteiger partial charge in [0.15, 0.2) is 6.10 Å². The Kier molecular flexibility index (Phi) is 6.99. The van der Waals surface area contributed by atoms with Gasteiger partial charge in [-0.05, 0) is 92.5 Å². The molecule has 0 spiro atoms. The van der Waals surface area contributed by atoms with E-state index in [9.17, 15) is 13.2 Å². The Morgan fingerprint density at radius 2 is 1.68 bits per heavy atom. The number of aryl methyl sites for hydroxylation is 4. The zero-order valence-corrected chi connectivity index (χ0v) is 22.5. The number of amides is 1. The molecule has 194 valence electrons. The molecule has 6 nitrogen and oxygen atoms in total. The summed E-state index contributed by atoms with van der Waals surface area (Å²) in [5.74, 6) is 0.0643. The number of carbonyl (C=O) groups excluding carboxylic acids is 1. The van der Waals surface area contributed by atoms with Gasteiger partial charge in [-0.3, -0.25) is 9.10 Å². The number of benzene rings is 3. The normalized spacial score (nSPS) is 17.8. The maximum atomic E-state index is 13.7. The van der Waals surface area contributed by atoms with E-state index in [1.54, 1.807) is 36.4 Å². The quantitative estimate of drug-likeness (QED) is 0.474. The maximum absolute atomic E-state index is 13.7. The second kappa shape index (κ2) is 10.2. The Labute approximate surface area is 219 Å². The summed E-state index contributed by atoms with van der Waals surface area (Å²) in [4.78, 5) is 13.7. The number of sulfonamides is 1. The number of ether oxygens (including phenoxy) is 1. The van der Waals surface area contributed by atoms with Crippen molar-refractivity contribution in [3.63, 3.8) is 0 Å². The van der Waals surface area contributed by atoms with Crippen molar-refractivity contribution in [2.24, 2.45) is 0 Å². The molecule has 2 atom stereocenters. The third kappa shape index (κ3) is 5.10. The molecule has 0 unspecified atom stereocenters. The molecule has 1 heterocycles. The first-order valence-electron chi connectivity index (χ1n) is 13.0. The Balaban J connectivity index is 1.42. The van der Waals surface area contributed by atoms with Crippen molar-refractivity contribution >= 4 is 21.6 Å². The molecular weight excluding hydrogens is 484 g/mol. The van der Waals surface area contributed by atoms with E-state index in [1.165, 1.54) is 28.3 Å². The zero-order chi connectivity index (χ0) is 26.2. The van der Waals surface area contributed by atoms with Gasteiger partial charge in [0.25, 0.3) is 15.9 Å². The van der Waals surface area contributed by atoms with Gasteiger partial charge in [-0.2, -0.15) is 0 Å². The summed E-state index contributed by atoms with van der Waals surface area (Å²) in [7, 11) is -3.90. The lowest BCUT2D eigenvalue weighted by molar-refractivity contribution is -0.128. The van der Waals surface area contributed by atoms with E-state index in [-0.39, 0.29) is 23.4 Å². The predicted octanol–water partition coefficient (Wildman–Crippen LogP) is 5.41. The molecular formula is C30H34N2O4S. The van der Waals surface area contributed by atoms with Crippen LogP contribution in [0.1, 0.15) is 60.0 Å². The fourth-order valence-corrected chi connectivity index (χ4v) is 6.69.